The van der Waals surface area contributed by atoms with Crippen LogP contribution in [0.25, 0.3) is 16.8 Å². The van der Waals surface area contributed by atoms with Crippen molar-refractivity contribution in [3.05, 3.63) is 46.7 Å². The lowest BCUT2D eigenvalue weighted by atomic mass is 10.1. The summed E-state index contributed by atoms with van der Waals surface area (Å²) in [5, 5.41) is 8.79. The van der Waals surface area contributed by atoms with Gasteiger partial charge in [-0.25, -0.2) is 4.98 Å². The van der Waals surface area contributed by atoms with E-state index in [-0.39, 0.29) is 0 Å². The summed E-state index contributed by atoms with van der Waals surface area (Å²) >= 11 is 6.37. The first-order valence-corrected chi connectivity index (χ1v) is 7.73. The predicted octanol–water partition coefficient (Wildman–Crippen LogP) is 4.49. The standard InChI is InChI=1S/C17H19ClN4/c1-10(2)19-15-9-11(3)20-17-16(12(4)21-22(15)17)13-7-5-6-8-14(13)18/h5-10,19H,1-4H3. The first-order chi connectivity index (χ1) is 10.5. The zero-order valence-corrected chi connectivity index (χ0v) is 13.9. The van der Waals surface area contributed by atoms with E-state index in [9.17, 15) is 0 Å². The molecule has 0 saturated carbocycles. The van der Waals surface area contributed by atoms with E-state index in [1.807, 2.05) is 48.7 Å². The van der Waals surface area contributed by atoms with Crippen molar-refractivity contribution >= 4 is 23.1 Å². The topological polar surface area (TPSA) is 42.2 Å². The van der Waals surface area contributed by atoms with Gasteiger partial charge >= 0.3 is 0 Å². The Kier molecular flexibility index (Phi) is 3.79. The molecule has 0 amide bonds. The van der Waals surface area contributed by atoms with Gasteiger partial charge in [-0.3, -0.25) is 0 Å². The highest BCUT2D eigenvalue weighted by Crippen LogP contribution is 2.33. The fourth-order valence-corrected chi connectivity index (χ4v) is 2.85. The molecule has 22 heavy (non-hydrogen) atoms. The van der Waals surface area contributed by atoms with Crippen molar-refractivity contribution in [2.45, 2.75) is 33.7 Å². The summed E-state index contributed by atoms with van der Waals surface area (Å²) in [6.45, 7) is 8.19. The van der Waals surface area contributed by atoms with Gasteiger partial charge in [-0.1, -0.05) is 29.8 Å². The minimum atomic E-state index is 0.318. The SMILES string of the molecule is Cc1cc(NC(C)C)n2nc(C)c(-c3ccccc3Cl)c2n1. The normalized spacial score (nSPS) is 11.4. The Balaban J connectivity index is 2.31. The Hall–Kier alpha value is -2.07. The molecule has 0 bridgehead atoms. The van der Waals surface area contributed by atoms with Crippen LogP contribution < -0.4 is 5.32 Å². The van der Waals surface area contributed by atoms with Crippen molar-refractivity contribution in [3.63, 3.8) is 0 Å². The van der Waals surface area contributed by atoms with E-state index in [0.29, 0.717) is 11.1 Å². The van der Waals surface area contributed by atoms with E-state index in [1.165, 1.54) is 0 Å². The molecule has 0 atom stereocenters. The van der Waals surface area contributed by atoms with Gasteiger partial charge in [0.2, 0.25) is 0 Å². The highest BCUT2D eigenvalue weighted by atomic mass is 35.5. The Labute approximate surface area is 135 Å². The Morgan fingerprint density at radius 3 is 2.59 bits per heavy atom. The van der Waals surface area contributed by atoms with Gasteiger partial charge in [0.1, 0.15) is 5.82 Å². The van der Waals surface area contributed by atoms with Gasteiger partial charge in [-0.2, -0.15) is 9.61 Å². The van der Waals surface area contributed by atoms with Crippen LogP contribution in [0, 0.1) is 13.8 Å². The Morgan fingerprint density at radius 1 is 1.18 bits per heavy atom. The lowest BCUT2D eigenvalue weighted by Crippen LogP contribution is -2.14. The van der Waals surface area contributed by atoms with Gasteiger partial charge in [0.05, 0.1) is 11.3 Å². The van der Waals surface area contributed by atoms with Gasteiger partial charge < -0.3 is 5.32 Å². The van der Waals surface area contributed by atoms with Crippen LogP contribution in [0.2, 0.25) is 5.02 Å². The number of aromatic nitrogens is 3. The summed E-state index contributed by atoms with van der Waals surface area (Å²) in [5.41, 5.74) is 4.64. The number of halogens is 1. The van der Waals surface area contributed by atoms with Crippen LogP contribution in [-0.4, -0.2) is 20.6 Å². The lowest BCUT2D eigenvalue weighted by molar-refractivity contribution is 0.842. The van der Waals surface area contributed by atoms with Crippen molar-refractivity contribution in [1.29, 1.82) is 0 Å². The van der Waals surface area contributed by atoms with E-state index in [4.69, 9.17) is 11.6 Å². The molecule has 2 aromatic heterocycles. The fourth-order valence-electron chi connectivity index (χ4n) is 2.62. The minimum Gasteiger partial charge on any atom is -0.368 e. The van der Waals surface area contributed by atoms with E-state index in [0.717, 1.165) is 34.0 Å². The van der Waals surface area contributed by atoms with Crippen LogP contribution in [0.4, 0.5) is 5.82 Å². The maximum Gasteiger partial charge on any atom is 0.165 e. The molecule has 3 aromatic rings. The van der Waals surface area contributed by atoms with E-state index >= 15 is 0 Å². The summed E-state index contributed by atoms with van der Waals surface area (Å²) in [5.74, 6) is 0.943. The van der Waals surface area contributed by atoms with Crippen molar-refractivity contribution < 1.29 is 0 Å². The number of hydrogen-bond acceptors (Lipinski definition) is 3. The van der Waals surface area contributed by atoms with E-state index in [2.05, 4.69) is 29.2 Å². The van der Waals surface area contributed by atoms with Crippen molar-refractivity contribution in [1.82, 2.24) is 14.6 Å². The molecule has 0 saturated heterocycles. The third-order valence-electron chi connectivity index (χ3n) is 3.47. The highest BCUT2D eigenvalue weighted by molar-refractivity contribution is 6.33. The summed E-state index contributed by atoms with van der Waals surface area (Å²) < 4.78 is 1.86. The van der Waals surface area contributed by atoms with Crippen molar-refractivity contribution in [2.24, 2.45) is 0 Å². The first-order valence-electron chi connectivity index (χ1n) is 7.36. The summed E-state index contributed by atoms with van der Waals surface area (Å²) in [7, 11) is 0. The van der Waals surface area contributed by atoms with Crippen LogP contribution in [-0.2, 0) is 0 Å². The molecule has 0 aliphatic heterocycles. The lowest BCUT2D eigenvalue weighted by Gasteiger charge is -2.12. The predicted molar refractivity (Wildman–Crippen MR) is 91.7 cm³/mol. The van der Waals surface area contributed by atoms with Crippen molar-refractivity contribution in [2.75, 3.05) is 5.32 Å². The third kappa shape index (κ3) is 2.55. The average molecular weight is 315 g/mol. The molecule has 0 radical (unpaired) electrons. The molecule has 0 aliphatic rings. The van der Waals surface area contributed by atoms with Gasteiger partial charge in [0.25, 0.3) is 0 Å². The molecule has 114 valence electrons. The second kappa shape index (κ2) is 5.61. The quantitative estimate of drug-likeness (QED) is 0.774. The third-order valence-corrected chi connectivity index (χ3v) is 3.80. The van der Waals surface area contributed by atoms with Crippen molar-refractivity contribution in [3.8, 4) is 11.1 Å². The number of aryl methyl sites for hydroxylation is 2. The summed E-state index contributed by atoms with van der Waals surface area (Å²) in [6, 6.07) is 10.1. The van der Waals surface area contributed by atoms with Gasteiger partial charge in [0, 0.05) is 28.4 Å². The molecule has 0 fully saturated rings. The van der Waals surface area contributed by atoms with E-state index < -0.39 is 0 Å². The zero-order valence-electron chi connectivity index (χ0n) is 13.2. The molecule has 0 aliphatic carbocycles. The first kappa shape index (κ1) is 14.9. The maximum absolute atomic E-state index is 6.37. The largest absolute Gasteiger partial charge is 0.368 e. The highest BCUT2D eigenvalue weighted by Gasteiger charge is 2.17. The molecule has 1 aromatic carbocycles. The number of rotatable bonds is 3. The molecule has 0 unspecified atom stereocenters. The molecule has 4 nitrogen and oxygen atoms in total. The molecule has 3 rings (SSSR count). The molecular weight excluding hydrogens is 296 g/mol. The van der Waals surface area contributed by atoms with E-state index in [1.54, 1.807) is 0 Å². The molecular formula is C17H19ClN4. The van der Waals surface area contributed by atoms with Gasteiger partial charge in [-0.05, 0) is 33.8 Å². The summed E-state index contributed by atoms with van der Waals surface area (Å²) in [6.07, 6.45) is 0. The Bertz CT molecular complexity index is 836. The number of fused-ring (bicyclic) bond motifs is 1. The maximum atomic E-state index is 6.37. The van der Waals surface area contributed by atoms with Crippen LogP contribution >= 0.6 is 11.6 Å². The zero-order chi connectivity index (χ0) is 15.9. The number of hydrogen-bond donors (Lipinski definition) is 1. The second-order valence-corrected chi connectivity index (χ2v) is 6.16. The molecule has 1 N–H and O–H groups in total. The number of benzene rings is 1. The number of nitrogens with zero attached hydrogens (tertiary/aromatic N) is 3. The summed E-state index contributed by atoms with van der Waals surface area (Å²) in [4.78, 5) is 4.68. The number of anilines is 1. The van der Waals surface area contributed by atoms with Gasteiger partial charge in [-0.15, -0.1) is 0 Å². The number of nitrogens with one attached hydrogen (secondary N) is 1. The van der Waals surface area contributed by atoms with Crippen LogP contribution in [0.5, 0.6) is 0 Å². The Morgan fingerprint density at radius 2 is 1.91 bits per heavy atom. The van der Waals surface area contributed by atoms with Crippen LogP contribution in [0.3, 0.4) is 0 Å². The van der Waals surface area contributed by atoms with Crippen LogP contribution in [0.15, 0.2) is 30.3 Å². The fraction of sp³-hybridized carbons (Fsp3) is 0.294. The monoisotopic (exact) mass is 314 g/mol. The molecule has 5 heteroatoms. The molecule has 2 heterocycles. The second-order valence-electron chi connectivity index (χ2n) is 5.76. The average Bonchev–Trinajstić information content (AvgIpc) is 2.75. The van der Waals surface area contributed by atoms with Gasteiger partial charge in [0.15, 0.2) is 5.65 Å². The molecule has 0 spiro atoms. The van der Waals surface area contributed by atoms with Crippen LogP contribution in [0.1, 0.15) is 25.2 Å². The smallest absolute Gasteiger partial charge is 0.165 e. The minimum absolute atomic E-state index is 0.318.